The SMILES string of the molecule is N#Cc1ccc2c(c1)c1ccccc1n2-c1cccc(-c2ccccc2-c2cccc(C#N)n2)c1. The molecule has 6 rings (SSSR count). The predicted octanol–water partition coefficient (Wildman–Crippen LogP) is 7.26. The van der Waals surface area contributed by atoms with Crippen molar-refractivity contribution in [2.75, 3.05) is 0 Å². The van der Waals surface area contributed by atoms with Gasteiger partial charge in [0.25, 0.3) is 0 Å². The Hall–Kier alpha value is -5.19. The van der Waals surface area contributed by atoms with E-state index in [1.54, 1.807) is 6.07 Å². The Morgan fingerprint density at radius 2 is 1.37 bits per heavy atom. The Kier molecular flexibility index (Phi) is 4.84. The molecule has 0 radical (unpaired) electrons. The molecule has 0 fully saturated rings. The van der Waals surface area contributed by atoms with Crippen LogP contribution in [0.1, 0.15) is 11.3 Å². The first-order chi connectivity index (χ1) is 17.3. The first-order valence-electron chi connectivity index (χ1n) is 11.3. The van der Waals surface area contributed by atoms with E-state index in [-0.39, 0.29) is 0 Å². The summed E-state index contributed by atoms with van der Waals surface area (Å²) in [6.07, 6.45) is 0. The van der Waals surface area contributed by atoms with Gasteiger partial charge < -0.3 is 4.57 Å². The monoisotopic (exact) mass is 446 g/mol. The number of nitrogens with zero attached hydrogens (tertiary/aromatic N) is 4. The number of para-hydroxylation sites is 1. The molecule has 0 aliphatic carbocycles. The lowest BCUT2D eigenvalue weighted by Gasteiger charge is -2.13. The van der Waals surface area contributed by atoms with Crippen LogP contribution in [-0.2, 0) is 0 Å². The van der Waals surface area contributed by atoms with Crippen molar-refractivity contribution in [3.8, 4) is 40.2 Å². The maximum Gasteiger partial charge on any atom is 0.141 e. The second-order valence-corrected chi connectivity index (χ2v) is 8.31. The van der Waals surface area contributed by atoms with Gasteiger partial charge in [-0.05, 0) is 59.7 Å². The number of hydrogen-bond acceptors (Lipinski definition) is 3. The zero-order valence-electron chi connectivity index (χ0n) is 18.7. The summed E-state index contributed by atoms with van der Waals surface area (Å²) in [5.41, 5.74) is 8.07. The lowest BCUT2D eigenvalue weighted by atomic mass is 9.97. The van der Waals surface area contributed by atoms with Crippen LogP contribution in [0.25, 0.3) is 49.9 Å². The predicted molar refractivity (Wildman–Crippen MR) is 139 cm³/mol. The molecule has 0 saturated carbocycles. The average molecular weight is 447 g/mol. The smallest absolute Gasteiger partial charge is 0.141 e. The quantitative estimate of drug-likeness (QED) is 0.287. The fraction of sp³-hybridized carbons (Fsp3) is 0. The molecular formula is C31H18N4. The van der Waals surface area contributed by atoms with E-state index < -0.39 is 0 Å². The molecule has 0 amide bonds. The van der Waals surface area contributed by atoms with Gasteiger partial charge >= 0.3 is 0 Å². The minimum Gasteiger partial charge on any atom is -0.309 e. The minimum absolute atomic E-state index is 0.396. The van der Waals surface area contributed by atoms with E-state index in [9.17, 15) is 10.5 Å². The molecule has 0 aliphatic heterocycles. The Balaban J connectivity index is 1.57. The third-order valence-corrected chi connectivity index (χ3v) is 6.28. The summed E-state index contributed by atoms with van der Waals surface area (Å²) in [5.74, 6) is 0. The van der Waals surface area contributed by atoms with Crippen LogP contribution < -0.4 is 0 Å². The van der Waals surface area contributed by atoms with Crippen LogP contribution in [0.3, 0.4) is 0 Å². The maximum absolute atomic E-state index is 9.43. The van der Waals surface area contributed by atoms with Crippen LogP contribution in [0.5, 0.6) is 0 Å². The van der Waals surface area contributed by atoms with Crippen LogP contribution in [-0.4, -0.2) is 9.55 Å². The molecule has 4 heteroatoms. The molecule has 0 bridgehead atoms. The van der Waals surface area contributed by atoms with Gasteiger partial charge in [0.2, 0.25) is 0 Å². The summed E-state index contributed by atoms with van der Waals surface area (Å²) >= 11 is 0. The maximum atomic E-state index is 9.43. The number of hydrogen-bond donors (Lipinski definition) is 0. The number of fused-ring (bicyclic) bond motifs is 3. The third-order valence-electron chi connectivity index (χ3n) is 6.28. The number of nitriles is 2. The number of aromatic nitrogens is 2. The van der Waals surface area contributed by atoms with Gasteiger partial charge in [-0.2, -0.15) is 10.5 Å². The van der Waals surface area contributed by atoms with Gasteiger partial charge in [0, 0.05) is 22.0 Å². The highest BCUT2D eigenvalue weighted by Gasteiger charge is 2.14. The van der Waals surface area contributed by atoms with Gasteiger partial charge in [-0.1, -0.05) is 60.7 Å². The molecule has 0 N–H and O–H groups in total. The van der Waals surface area contributed by atoms with Gasteiger partial charge in [-0.25, -0.2) is 4.98 Å². The Morgan fingerprint density at radius 3 is 2.23 bits per heavy atom. The van der Waals surface area contributed by atoms with Crippen LogP contribution in [0.4, 0.5) is 0 Å². The molecule has 4 aromatic carbocycles. The highest BCUT2D eigenvalue weighted by atomic mass is 15.0. The molecule has 0 unspecified atom stereocenters. The van der Waals surface area contributed by atoms with Crippen molar-refractivity contribution >= 4 is 21.8 Å². The van der Waals surface area contributed by atoms with Crippen molar-refractivity contribution in [3.05, 3.63) is 120 Å². The molecule has 0 saturated heterocycles. The Bertz CT molecular complexity index is 1830. The van der Waals surface area contributed by atoms with E-state index in [1.807, 2.05) is 60.7 Å². The fourth-order valence-electron chi connectivity index (χ4n) is 4.74. The highest BCUT2D eigenvalue weighted by molar-refractivity contribution is 6.09. The zero-order chi connectivity index (χ0) is 23.8. The van der Waals surface area contributed by atoms with Crippen LogP contribution in [0.15, 0.2) is 109 Å². The van der Waals surface area contributed by atoms with E-state index in [4.69, 9.17) is 0 Å². The van der Waals surface area contributed by atoms with Crippen molar-refractivity contribution in [3.63, 3.8) is 0 Å². The van der Waals surface area contributed by atoms with E-state index in [0.29, 0.717) is 11.3 Å². The van der Waals surface area contributed by atoms with Crippen molar-refractivity contribution in [2.24, 2.45) is 0 Å². The average Bonchev–Trinajstić information content (AvgIpc) is 3.27. The van der Waals surface area contributed by atoms with Gasteiger partial charge in [0.15, 0.2) is 0 Å². The second-order valence-electron chi connectivity index (χ2n) is 8.31. The van der Waals surface area contributed by atoms with Gasteiger partial charge in [-0.3, -0.25) is 0 Å². The lowest BCUT2D eigenvalue weighted by molar-refractivity contribution is 1.18. The van der Waals surface area contributed by atoms with E-state index >= 15 is 0 Å². The molecule has 0 aliphatic rings. The van der Waals surface area contributed by atoms with Crippen molar-refractivity contribution in [1.29, 1.82) is 10.5 Å². The molecule has 162 valence electrons. The van der Waals surface area contributed by atoms with Gasteiger partial charge in [-0.15, -0.1) is 0 Å². The minimum atomic E-state index is 0.396. The summed E-state index contributed by atoms with van der Waals surface area (Å²) in [6, 6.07) is 40.6. The van der Waals surface area contributed by atoms with Gasteiger partial charge in [0.05, 0.1) is 28.4 Å². The first-order valence-corrected chi connectivity index (χ1v) is 11.3. The van der Waals surface area contributed by atoms with Crippen LogP contribution in [0.2, 0.25) is 0 Å². The molecule has 2 aromatic heterocycles. The van der Waals surface area contributed by atoms with E-state index in [0.717, 1.165) is 49.9 Å². The summed E-state index contributed by atoms with van der Waals surface area (Å²) < 4.78 is 2.24. The lowest BCUT2D eigenvalue weighted by Crippen LogP contribution is -1.95. The summed E-state index contributed by atoms with van der Waals surface area (Å²) in [7, 11) is 0. The zero-order valence-corrected chi connectivity index (χ0v) is 18.7. The number of pyridine rings is 1. The van der Waals surface area contributed by atoms with Gasteiger partial charge in [0.1, 0.15) is 11.8 Å². The first kappa shape index (κ1) is 20.4. The summed E-state index contributed by atoms with van der Waals surface area (Å²) in [5, 5.41) is 20.9. The topological polar surface area (TPSA) is 65.4 Å². The molecule has 6 aromatic rings. The van der Waals surface area contributed by atoms with Crippen molar-refractivity contribution in [1.82, 2.24) is 9.55 Å². The van der Waals surface area contributed by atoms with Crippen LogP contribution >= 0.6 is 0 Å². The second kappa shape index (κ2) is 8.30. The molecule has 0 spiro atoms. The Morgan fingerprint density at radius 1 is 0.600 bits per heavy atom. The fourth-order valence-corrected chi connectivity index (χ4v) is 4.74. The standard InChI is InChI=1S/C31H18N4/c32-19-21-15-16-31-28(17-21)27-12-3-4-14-30(27)35(31)24-9-5-7-22(18-24)25-10-1-2-11-26(25)29-13-6-8-23(20-33)34-29/h1-18H. The molecule has 2 heterocycles. The van der Waals surface area contributed by atoms with Crippen molar-refractivity contribution < 1.29 is 0 Å². The number of benzene rings is 4. The van der Waals surface area contributed by atoms with Crippen LogP contribution in [0, 0.1) is 22.7 Å². The molecular weight excluding hydrogens is 428 g/mol. The Labute approximate surface area is 202 Å². The summed E-state index contributed by atoms with van der Waals surface area (Å²) in [4.78, 5) is 4.53. The largest absolute Gasteiger partial charge is 0.309 e. The molecule has 35 heavy (non-hydrogen) atoms. The molecule has 4 nitrogen and oxygen atoms in total. The normalized spacial score (nSPS) is 10.8. The highest BCUT2D eigenvalue weighted by Crippen LogP contribution is 2.36. The van der Waals surface area contributed by atoms with E-state index in [1.165, 1.54) is 0 Å². The van der Waals surface area contributed by atoms with Crippen molar-refractivity contribution in [2.45, 2.75) is 0 Å². The third kappa shape index (κ3) is 3.42. The number of rotatable bonds is 3. The summed E-state index contributed by atoms with van der Waals surface area (Å²) in [6.45, 7) is 0. The molecule has 0 atom stereocenters. The van der Waals surface area contributed by atoms with E-state index in [2.05, 4.69) is 64.2 Å².